The Kier molecular flexibility index (Phi) is 6.13. The highest BCUT2D eigenvalue weighted by Gasteiger charge is 2.57. The van der Waals surface area contributed by atoms with E-state index in [0.29, 0.717) is 23.4 Å². The molecule has 3 heteroatoms. The molecule has 5 atom stereocenters. The van der Waals surface area contributed by atoms with E-state index in [4.69, 9.17) is 0 Å². The van der Waals surface area contributed by atoms with Crippen LogP contribution in [0.3, 0.4) is 0 Å². The molecule has 5 unspecified atom stereocenters. The first-order chi connectivity index (χ1) is 14.7. The molecule has 0 amide bonds. The van der Waals surface area contributed by atoms with E-state index in [2.05, 4.69) is 131 Å². The lowest BCUT2D eigenvalue weighted by molar-refractivity contribution is 0.288. The van der Waals surface area contributed by atoms with Crippen molar-refractivity contribution in [1.82, 2.24) is 9.88 Å². The lowest BCUT2D eigenvalue weighted by atomic mass is 9.92. The average molecular weight is 431 g/mol. The van der Waals surface area contributed by atoms with E-state index in [1.54, 1.807) is 0 Å². The van der Waals surface area contributed by atoms with Gasteiger partial charge >= 0.3 is 0 Å². The van der Waals surface area contributed by atoms with Crippen LogP contribution in [0, 0.1) is 18.8 Å². The van der Waals surface area contributed by atoms with Crippen molar-refractivity contribution in [3.8, 4) is 0 Å². The number of rotatable bonds is 5. The van der Waals surface area contributed by atoms with Crippen LogP contribution in [0.15, 0.2) is 78.9 Å². The van der Waals surface area contributed by atoms with Crippen LogP contribution >= 0.6 is 0 Å². The van der Waals surface area contributed by atoms with Gasteiger partial charge in [0.05, 0.1) is 0 Å². The fraction of sp³-hybridized carbons (Fsp3) is 0.429. The van der Waals surface area contributed by atoms with Gasteiger partial charge in [-0.25, -0.2) is 0 Å². The number of aryl methyl sites for hydroxylation is 1. The molecule has 31 heavy (non-hydrogen) atoms. The Balaban J connectivity index is 2.01. The van der Waals surface area contributed by atoms with E-state index in [1.807, 2.05) is 0 Å². The molecule has 164 valence electrons. The summed E-state index contributed by atoms with van der Waals surface area (Å²) in [5, 5.41) is 2.99. The quantitative estimate of drug-likeness (QED) is 0.703. The molecule has 0 spiro atoms. The number of nitrogens with zero attached hydrogens (tertiary/aromatic N) is 1. The fourth-order valence-corrected chi connectivity index (χ4v) is 12.1. The zero-order valence-electron chi connectivity index (χ0n) is 20.0. The van der Waals surface area contributed by atoms with E-state index >= 15 is 0 Å². The molecule has 0 heterocycles. The lowest BCUT2D eigenvalue weighted by Gasteiger charge is -2.48. The zero-order valence-corrected chi connectivity index (χ0v) is 21.0. The summed E-state index contributed by atoms with van der Waals surface area (Å²) < 4.78 is 0. The minimum absolute atomic E-state index is 0.0100. The molecule has 0 aliphatic heterocycles. The highest BCUT2D eigenvalue weighted by molar-refractivity contribution is 7.01. The summed E-state index contributed by atoms with van der Waals surface area (Å²) in [7, 11) is 2.17. The van der Waals surface area contributed by atoms with Crippen molar-refractivity contribution < 1.29 is 0 Å². The van der Waals surface area contributed by atoms with Crippen molar-refractivity contribution in [2.24, 2.45) is 11.8 Å². The van der Waals surface area contributed by atoms with Crippen molar-refractivity contribution in [2.45, 2.75) is 51.2 Å². The van der Waals surface area contributed by atoms with Gasteiger partial charge in [-0.15, -0.1) is 0 Å². The minimum atomic E-state index is -2.38. The topological polar surface area (TPSA) is 15.3 Å². The number of nitrogens with one attached hydrogen (secondary N) is 1. The number of fused-ring (bicyclic) bond motifs is 1. The number of allylic oxidation sites excluding steroid dienone is 4. The third-order valence-corrected chi connectivity index (χ3v) is 12.5. The molecule has 2 aliphatic rings. The number of hydrogen-bond donors (Lipinski definition) is 1. The summed E-state index contributed by atoms with van der Waals surface area (Å²) in [4.78, 5) is 6.83. The molecule has 0 radical (unpaired) electrons. The Hall–Kier alpha value is -1.94. The first-order valence-electron chi connectivity index (χ1n) is 11.7. The van der Waals surface area contributed by atoms with Gasteiger partial charge in [-0.3, -0.25) is 0 Å². The molecular weight excluding hydrogens is 392 g/mol. The number of hydrogen-bond acceptors (Lipinski definition) is 2. The molecule has 1 fully saturated rings. The van der Waals surface area contributed by atoms with E-state index < -0.39 is 8.24 Å². The fourth-order valence-electron chi connectivity index (χ4n) is 5.97. The van der Waals surface area contributed by atoms with Gasteiger partial charge in [0.2, 0.25) is 0 Å². The first kappa shape index (κ1) is 22.3. The van der Waals surface area contributed by atoms with E-state index in [1.165, 1.54) is 22.4 Å². The van der Waals surface area contributed by atoms with Gasteiger partial charge in [-0.1, -0.05) is 84.5 Å². The van der Waals surface area contributed by atoms with Crippen LogP contribution in [0.1, 0.15) is 32.8 Å². The van der Waals surface area contributed by atoms with Gasteiger partial charge in [-0.05, 0) is 76.0 Å². The molecule has 1 N–H and O–H groups in total. The Morgan fingerprint density at radius 1 is 0.871 bits per heavy atom. The smallest absolute Gasteiger partial charge is 0.195 e. The first-order valence-corrected chi connectivity index (χ1v) is 13.7. The SMILES string of the molecule is Cc1ccc([Si](NC(C)(C)C)(c2ccccc2)C2C3C=CC=CC3CC2N(C)C)cc1. The van der Waals surface area contributed by atoms with Crippen LogP contribution in [-0.2, 0) is 0 Å². The molecule has 0 bridgehead atoms. The summed E-state index contributed by atoms with van der Waals surface area (Å²) in [6.45, 7) is 9.19. The van der Waals surface area contributed by atoms with E-state index in [-0.39, 0.29) is 5.54 Å². The zero-order chi connectivity index (χ0) is 22.2. The summed E-state index contributed by atoms with van der Waals surface area (Å²) in [6, 6.07) is 21.3. The van der Waals surface area contributed by atoms with Gasteiger partial charge in [0, 0.05) is 11.6 Å². The summed E-state index contributed by atoms with van der Waals surface area (Å²) >= 11 is 0. The van der Waals surface area contributed by atoms with Gasteiger partial charge in [0.15, 0.2) is 8.24 Å². The van der Waals surface area contributed by atoms with Crippen LogP contribution in [0.2, 0.25) is 5.54 Å². The maximum atomic E-state index is 4.34. The predicted molar refractivity (Wildman–Crippen MR) is 137 cm³/mol. The lowest BCUT2D eigenvalue weighted by Crippen LogP contribution is -2.77. The highest BCUT2D eigenvalue weighted by Crippen LogP contribution is 2.50. The van der Waals surface area contributed by atoms with Crippen molar-refractivity contribution in [3.05, 3.63) is 84.5 Å². The molecule has 0 saturated heterocycles. The van der Waals surface area contributed by atoms with Crippen LogP contribution < -0.4 is 15.4 Å². The third-order valence-electron chi connectivity index (χ3n) is 7.11. The van der Waals surface area contributed by atoms with Crippen LogP contribution in [-0.4, -0.2) is 38.8 Å². The van der Waals surface area contributed by atoms with Crippen LogP contribution in [0.25, 0.3) is 0 Å². The Morgan fingerprint density at radius 2 is 1.48 bits per heavy atom. The van der Waals surface area contributed by atoms with Crippen LogP contribution in [0.4, 0.5) is 0 Å². The monoisotopic (exact) mass is 430 g/mol. The molecule has 0 aromatic heterocycles. The molecular formula is C28H38N2Si. The number of benzene rings is 2. The highest BCUT2D eigenvalue weighted by atomic mass is 28.3. The Bertz CT molecular complexity index is 939. The van der Waals surface area contributed by atoms with Crippen molar-refractivity contribution in [2.75, 3.05) is 14.1 Å². The van der Waals surface area contributed by atoms with Gasteiger partial charge in [0.25, 0.3) is 0 Å². The maximum absolute atomic E-state index is 4.34. The maximum Gasteiger partial charge on any atom is 0.195 e. The third kappa shape index (κ3) is 4.24. The molecule has 1 saturated carbocycles. The Labute approximate surface area is 190 Å². The molecule has 2 aromatic carbocycles. The van der Waals surface area contributed by atoms with E-state index in [9.17, 15) is 0 Å². The second-order valence-electron chi connectivity index (χ2n) is 10.7. The van der Waals surface area contributed by atoms with Crippen molar-refractivity contribution in [1.29, 1.82) is 0 Å². The minimum Gasteiger partial charge on any atom is -0.325 e. The van der Waals surface area contributed by atoms with Gasteiger partial charge in [-0.2, -0.15) is 0 Å². The molecule has 2 aliphatic carbocycles. The summed E-state index contributed by atoms with van der Waals surface area (Å²) in [6.07, 6.45) is 10.7. The van der Waals surface area contributed by atoms with Crippen molar-refractivity contribution >= 4 is 18.6 Å². The second-order valence-corrected chi connectivity index (χ2v) is 14.4. The summed E-state index contributed by atoms with van der Waals surface area (Å²) in [5.41, 5.74) is 1.87. The molecule has 4 rings (SSSR count). The second kappa shape index (κ2) is 8.53. The van der Waals surface area contributed by atoms with E-state index in [0.717, 1.165) is 0 Å². The molecule has 2 aromatic rings. The predicted octanol–water partition coefficient (Wildman–Crippen LogP) is 4.51. The molecule has 2 nitrogen and oxygen atoms in total. The summed E-state index contributed by atoms with van der Waals surface area (Å²) in [5.74, 6) is 1.17. The normalized spacial score (nSPS) is 27.3. The Morgan fingerprint density at radius 3 is 2.10 bits per heavy atom. The van der Waals surface area contributed by atoms with Gasteiger partial charge in [0.1, 0.15) is 0 Å². The largest absolute Gasteiger partial charge is 0.325 e. The average Bonchev–Trinajstić information content (AvgIpc) is 3.13. The van der Waals surface area contributed by atoms with Gasteiger partial charge < -0.3 is 9.88 Å². The van der Waals surface area contributed by atoms with Crippen LogP contribution in [0.5, 0.6) is 0 Å². The standard InChI is InChI=1S/C28H38N2Si/c1-21-16-18-24(19-17-21)31(29-28(2,3)4,23-13-8-7-9-14-23)27-25-15-11-10-12-22(25)20-26(27)30(5)6/h7-19,22,25-27,29H,20H2,1-6H3. The van der Waals surface area contributed by atoms with Crippen molar-refractivity contribution in [3.63, 3.8) is 0 Å².